The zero-order valence-corrected chi connectivity index (χ0v) is 17.9. The van der Waals surface area contributed by atoms with Crippen LogP contribution in [0.1, 0.15) is 26.6 Å². The molecule has 5 nitrogen and oxygen atoms in total. The standard InChI is InChI=1S/C23H20ClN3O2S/c1-15-17(23(25)28)11-20(27(15)12-16-7-3-2-4-8-16)19-14-30-22(26-19)13-29-21-10-6-5-9-18(21)24/h2-11,14H,12-13H2,1H3,(H2,25,28). The number of nitrogens with two attached hydrogens (primary N) is 1. The lowest BCUT2D eigenvalue weighted by atomic mass is 10.2. The summed E-state index contributed by atoms with van der Waals surface area (Å²) in [5.74, 6) is 0.174. The van der Waals surface area contributed by atoms with Gasteiger partial charge in [-0.15, -0.1) is 11.3 Å². The second-order valence-electron chi connectivity index (χ2n) is 6.81. The van der Waals surface area contributed by atoms with Crippen LogP contribution in [0.5, 0.6) is 5.75 Å². The van der Waals surface area contributed by atoms with Crippen LogP contribution in [-0.4, -0.2) is 15.5 Å². The number of carbonyl (C=O) groups excluding carboxylic acids is 1. The lowest BCUT2D eigenvalue weighted by molar-refractivity contribution is 0.0999. The summed E-state index contributed by atoms with van der Waals surface area (Å²) < 4.78 is 7.87. The van der Waals surface area contributed by atoms with Gasteiger partial charge in [0.2, 0.25) is 0 Å². The maximum Gasteiger partial charge on any atom is 0.250 e. The highest BCUT2D eigenvalue weighted by atomic mass is 35.5. The predicted molar refractivity (Wildman–Crippen MR) is 120 cm³/mol. The monoisotopic (exact) mass is 437 g/mol. The number of amides is 1. The third kappa shape index (κ3) is 4.25. The van der Waals surface area contributed by atoms with E-state index in [0.717, 1.165) is 27.7 Å². The maximum absolute atomic E-state index is 11.9. The molecule has 1 amide bonds. The van der Waals surface area contributed by atoms with Crippen molar-refractivity contribution in [2.24, 2.45) is 5.73 Å². The molecule has 0 aliphatic heterocycles. The average Bonchev–Trinajstić information content (AvgIpc) is 3.33. The number of thiazole rings is 1. The van der Waals surface area contributed by atoms with Gasteiger partial charge in [0.15, 0.2) is 0 Å². The predicted octanol–water partition coefficient (Wildman–Crippen LogP) is 5.30. The zero-order valence-electron chi connectivity index (χ0n) is 16.3. The first kappa shape index (κ1) is 20.2. The normalized spacial score (nSPS) is 10.9. The Morgan fingerprint density at radius 1 is 1.17 bits per heavy atom. The molecule has 0 radical (unpaired) electrons. The first-order valence-corrected chi connectivity index (χ1v) is 10.6. The van der Waals surface area contributed by atoms with Crippen molar-refractivity contribution in [3.05, 3.63) is 92.9 Å². The minimum absolute atomic E-state index is 0.315. The lowest BCUT2D eigenvalue weighted by Gasteiger charge is -2.11. The number of benzene rings is 2. The molecule has 0 fully saturated rings. The van der Waals surface area contributed by atoms with Crippen LogP contribution in [0.3, 0.4) is 0 Å². The van der Waals surface area contributed by atoms with Gasteiger partial charge in [0.25, 0.3) is 5.91 Å². The van der Waals surface area contributed by atoms with Gasteiger partial charge < -0.3 is 15.0 Å². The highest BCUT2D eigenvalue weighted by Gasteiger charge is 2.19. The van der Waals surface area contributed by atoms with Crippen molar-refractivity contribution in [1.29, 1.82) is 0 Å². The van der Waals surface area contributed by atoms with E-state index in [4.69, 9.17) is 27.1 Å². The molecule has 2 aromatic carbocycles. The smallest absolute Gasteiger partial charge is 0.250 e. The Hall–Kier alpha value is -3.09. The molecule has 4 aromatic rings. The van der Waals surface area contributed by atoms with Gasteiger partial charge in [-0.1, -0.05) is 54.1 Å². The number of primary amides is 1. The number of hydrogen-bond donors (Lipinski definition) is 1. The van der Waals surface area contributed by atoms with Crippen molar-refractivity contribution in [2.75, 3.05) is 0 Å². The Kier molecular flexibility index (Phi) is 5.88. The number of ether oxygens (including phenoxy) is 1. The molecule has 0 spiro atoms. The van der Waals surface area contributed by atoms with Crippen LogP contribution in [0, 0.1) is 6.92 Å². The molecule has 0 saturated heterocycles. The molecule has 7 heteroatoms. The fraction of sp³-hybridized carbons (Fsp3) is 0.130. The first-order chi connectivity index (χ1) is 14.5. The third-order valence-corrected chi connectivity index (χ3v) is 5.95. The molecule has 2 N–H and O–H groups in total. The Labute approximate surface area is 183 Å². The molecular weight excluding hydrogens is 418 g/mol. The van der Waals surface area contributed by atoms with Gasteiger partial charge in [0.05, 0.1) is 22.0 Å². The van der Waals surface area contributed by atoms with E-state index in [1.54, 1.807) is 6.07 Å². The molecule has 0 aliphatic carbocycles. The van der Waals surface area contributed by atoms with Crippen molar-refractivity contribution in [2.45, 2.75) is 20.1 Å². The third-order valence-electron chi connectivity index (χ3n) is 4.82. The molecule has 152 valence electrons. The van der Waals surface area contributed by atoms with Gasteiger partial charge >= 0.3 is 0 Å². The molecule has 0 unspecified atom stereocenters. The van der Waals surface area contributed by atoms with Crippen LogP contribution in [0.15, 0.2) is 66.0 Å². The average molecular weight is 438 g/mol. The number of carbonyl (C=O) groups is 1. The van der Waals surface area contributed by atoms with Gasteiger partial charge in [0, 0.05) is 17.6 Å². The van der Waals surface area contributed by atoms with Gasteiger partial charge in [-0.3, -0.25) is 4.79 Å². The summed E-state index contributed by atoms with van der Waals surface area (Å²) in [6, 6.07) is 19.2. The number of aromatic nitrogens is 2. The van der Waals surface area contributed by atoms with Crippen LogP contribution in [0.2, 0.25) is 5.02 Å². The SMILES string of the molecule is Cc1c(C(N)=O)cc(-c2csc(COc3ccccc3Cl)n2)n1Cc1ccccc1. The van der Waals surface area contributed by atoms with Crippen molar-refractivity contribution in [3.8, 4) is 17.1 Å². The molecule has 2 heterocycles. The van der Waals surface area contributed by atoms with Crippen LogP contribution in [0.4, 0.5) is 0 Å². The van der Waals surface area contributed by atoms with E-state index in [-0.39, 0.29) is 0 Å². The summed E-state index contributed by atoms with van der Waals surface area (Å²) >= 11 is 7.65. The van der Waals surface area contributed by atoms with E-state index in [1.807, 2.05) is 54.8 Å². The second kappa shape index (κ2) is 8.73. The molecule has 0 aliphatic rings. The quantitative estimate of drug-likeness (QED) is 0.426. The minimum Gasteiger partial charge on any atom is -0.485 e. The van der Waals surface area contributed by atoms with Crippen LogP contribution < -0.4 is 10.5 Å². The Morgan fingerprint density at radius 3 is 2.63 bits per heavy atom. The van der Waals surface area contributed by atoms with Crippen LogP contribution in [0.25, 0.3) is 11.4 Å². The molecule has 0 saturated carbocycles. The fourth-order valence-corrected chi connectivity index (χ4v) is 4.16. The number of rotatable bonds is 7. The highest BCUT2D eigenvalue weighted by molar-refractivity contribution is 7.09. The molecule has 2 aromatic heterocycles. The van der Waals surface area contributed by atoms with E-state index >= 15 is 0 Å². The van der Waals surface area contributed by atoms with Crippen molar-refractivity contribution in [3.63, 3.8) is 0 Å². The largest absolute Gasteiger partial charge is 0.485 e. The molecule has 0 bridgehead atoms. The van der Waals surface area contributed by atoms with Crippen molar-refractivity contribution in [1.82, 2.24) is 9.55 Å². The Morgan fingerprint density at radius 2 is 1.90 bits per heavy atom. The van der Waals surface area contributed by atoms with Crippen LogP contribution in [-0.2, 0) is 13.2 Å². The number of hydrogen-bond acceptors (Lipinski definition) is 4. The van der Waals surface area contributed by atoms with Gasteiger partial charge in [-0.05, 0) is 30.7 Å². The van der Waals surface area contributed by atoms with Gasteiger partial charge in [-0.25, -0.2) is 4.98 Å². The van der Waals surface area contributed by atoms with Gasteiger partial charge in [0.1, 0.15) is 17.4 Å². The van der Waals surface area contributed by atoms with Crippen LogP contribution >= 0.6 is 22.9 Å². The number of para-hydroxylation sites is 1. The molecule has 0 atom stereocenters. The summed E-state index contributed by atoms with van der Waals surface area (Å²) in [6.45, 7) is 2.84. The van der Waals surface area contributed by atoms with Crippen molar-refractivity contribution >= 4 is 28.8 Å². The lowest BCUT2D eigenvalue weighted by Crippen LogP contribution is -2.12. The van der Waals surface area contributed by atoms with Crippen molar-refractivity contribution < 1.29 is 9.53 Å². The molecule has 4 rings (SSSR count). The van der Waals surface area contributed by atoms with E-state index in [2.05, 4.69) is 16.7 Å². The Balaban J connectivity index is 1.62. The summed E-state index contributed by atoms with van der Waals surface area (Å²) in [7, 11) is 0. The first-order valence-electron chi connectivity index (χ1n) is 9.39. The van der Waals surface area contributed by atoms with E-state index in [1.165, 1.54) is 11.3 Å². The topological polar surface area (TPSA) is 70.1 Å². The number of halogens is 1. The summed E-state index contributed by atoms with van der Waals surface area (Å²) in [4.78, 5) is 16.6. The Bertz CT molecular complexity index is 1180. The van der Waals surface area contributed by atoms with E-state index in [9.17, 15) is 4.79 Å². The zero-order chi connectivity index (χ0) is 21.1. The highest BCUT2D eigenvalue weighted by Crippen LogP contribution is 2.29. The fourth-order valence-electron chi connectivity index (χ4n) is 3.27. The number of nitrogens with zero attached hydrogens (tertiary/aromatic N) is 2. The van der Waals surface area contributed by atoms with E-state index < -0.39 is 5.91 Å². The minimum atomic E-state index is -0.446. The summed E-state index contributed by atoms with van der Waals surface area (Å²) in [5, 5.41) is 3.34. The van der Waals surface area contributed by atoms with E-state index in [0.29, 0.717) is 29.5 Å². The maximum atomic E-state index is 11.9. The summed E-state index contributed by atoms with van der Waals surface area (Å²) in [6.07, 6.45) is 0. The molecular formula is C23H20ClN3O2S. The van der Waals surface area contributed by atoms with Gasteiger partial charge in [-0.2, -0.15) is 0 Å². The summed E-state index contributed by atoms with van der Waals surface area (Å²) in [5.41, 5.74) is 9.69. The molecule has 30 heavy (non-hydrogen) atoms. The second-order valence-corrected chi connectivity index (χ2v) is 8.16.